The second kappa shape index (κ2) is 7.78. The Kier molecular flexibility index (Phi) is 5.73. The molecule has 0 bridgehead atoms. The van der Waals surface area contributed by atoms with E-state index in [2.05, 4.69) is 17.9 Å². The van der Waals surface area contributed by atoms with E-state index in [-0.39, 0.29) is 6.10 Å². The number of nitrogens with zero attached hydrogens (tertiary/aromatic N) is 1. The van der Waals surface area contributed by atoms with Crippen molar-refractivity contribution >= 4 is 17.4 Å². The van der Waals surface area contributed by atoms with E-state index in [0.29, 0.717) is 31.4 Å². The van der Waals surface area contributed by atoms with Crippen LogP contribution >= 0.6 is 11.6 Å². The van der Waals surface area contributed by atoms with Crippen LogP contribution in [0.4, 0.5) is 0 Å². The van der Waals surface area contributed by atoms with Crippen molar-refractivity contribution in [1.82, 2.24) is 4.90 Å². The highest BCUT2D eigenvalue weighted by Crippen LogP contribution is 2.28. The fourth-order valence-electron chi connectivity index (χ4n) is 3.92. The summed E-state index contributed by atoms with van der Waals surface area (Å²) >= 11 is 6.30. The average molecular weight is 336 g/mol. The Labute approximate surface area is 144 Å². The van der Waals surface area contributed by atoms with Gasteiger partial charge in [-0.3, -0.25) is 9.69 Å². The molecule has 2 aliphatic rings. The predicted octanol–water partition coefficient (Wildman–Crippen LogP) is 3.79. The van der Waals surface area contributed by atoms with Gasteiger partial charge in [0.2, 0.25) is 0 Å². The van der Waals surface area contributed by atoms with Gasteiger partial charge in [0.15, 0.2) is 0 Å². The summed E-state index contributed by atoms with van der Waals surface area (Å²) in [5.74, 6) is 0.376. The average Bonchev–Trinajstić information content (AvgIpc) is 2.97. The first-order valence-electron chi connectivity index (χ1n) is 8.76. The van der Waals surface area contributed by atoms with Crippen LogP contribution in [0.3, 0.4) is 0 Å². The summed E-state index contributed by atoms with van der Waals surface area (Å²) in [5.41, 5.74) is 2.42. The number of hydrogen-bond acceptors (Lipinski definition) is 3. The van der Waals surface area contributed by atoms with Gasteiger partial charge in [0.05, 0.1) is 19.3 Å². The molecular weight excluding hydrogens is 310 g/mol. The van der Waals surface area contributed by atoms with Crippen LogP contribution < -0.4 is 0 Å². The molecule has 1 aromatic rings. The molecule has 0 spiro atoms. The highest BCUT2D eigenvalue weighted by atomic mass is 35.5. The maximum atomic E-state index is 11.6. The number of carbonyl (C=O) groups excluding carboxylic acids is 1. The van der Waals surface area contributed by atoms with Gasteiger partial charge in [-0.25, -0.2) is 0 Å². The van der Waals surface area contributed by atoms with E-state index < -0.39 is 0 Å². The number of likely N-dealkylation sites (tertiary alicyclic amines) is 1. The number of benzene rings is 1. The van der Waals surface area contributed by atoms with E-state index in [1.165, 1.54) is 24.0 Å². The molecule has 1 saturated heterocycles. The number of Topliss-reactive ketones (excluding diaryl/α,β-unsaturated/α-hetero) is 1. The standard InChI is InChI=1S/C19H26ClNO2/c1-14-5-4-6-17(20)16(14)10-12-23-19-8-3-2-7-18(19)21-11-9-15(22)13-21/h4-6,18-19H,2-3,7-13H2,1H3/t18?,19-/m0/s1. The summed E-state index contributed by atoms with van der Waals surface area (Å²) in [6, 6.07) is 6.45. The summed E-state index contributed by atoms with van der Waals surface area (Å²) in [6.45, 7) is 4.33. The minimum absolute atomic E-state index is 0.262. The van der Waals surface area contributed by atoms with Gasteiger partial charge in [-0.1, -0.05) is 36.6 Å². The van der Waals surface area contributed by atoms with Crippen molar-refractivity contribution in [1.29, 1.82) is 0 Å². The number of ether oxygens (including phenoxy) is 1. The maximum Gasteiger partial charge on any atom is 0.148 e. The first-order chi connectivity index (χ1) is 11.1. The Balaban J connectivity index is 1.56. The quantitative estimate of drug-likeness (QED) is 0.819. The van der Waals surface area contributed by atoms with Crippen LogP contribution in [-0.2, 0) is 16.0 Å². The molecule has 3 nitrogen and oxygen atoms in total. The number of carbonyl (C=O) groups is 1. The molecule has 23 heavy (non-hydrogen) atoms. The number of ketones is 1. The van der Waals surface area contributed by atoms with E-state index in [9.17, 15) is 4.79 Å². The minimum atomic E-state index is 0.262. The third-order valence-electron chi connectivity index (χ3n) is 5.23. The second-order valence-electron chi connectivity index (χ2n) is 6.81. The normalized spacial score (nSPS) is 25.9. The molecule has 1 aliphatic heterocycles. The highest BCUT2D eigenvalue weighted by molar-refractivity contribution is 6.31. The summed E-state index contributed by atoms with van der Waals surface area (Å²) in [6.07, 6.45) is 6.57. The molecule has 0 radical (unpaired) electrons. The van der Waals surface area contributed by atoms with Crippen molar-refractivity contribution in [3.8, 4) is 0 Å². The number of aryl methyl sites for hydroxylation is 1. The van der Waals surface area contributed by atoms with Crippen LogP contribution in [0.2, 0.25) is 5.02 Å². The second-order valence-corrected chi connectivity index (χ2v) is 7.21. The Morgan fingerprint density at radius 2 is 2.13 bits per heavy atom. The lowest BCUT2D eigenvalue weighted by Crippen LogP contribution is -2.45. The molecule has 126 valence electrons. The van der Waals surface area contributed by atoms with Gasteiger partial charge >= 0.3 is 0 Å². The summed E-state index contributed by atoms with van der Waals surface area (Å²) in [5, 5.41) is 0.832. The molecule has 4 heteroatoms. The predicted molar refractivity (Wildman–Crippen MR) is 93.1 cm³/mol. The fourth-order valence-corrected chi connectivity index (χ4v) is 4.24. The molecule has 2 atom stereocenters. The molecular formula is C19H26ClNO2. The molecule has 1 aliphatic carbocycles. The molecule has 1 unspecified atom stereocenters. The molecule has 3 rings (SSSR count). The first-order valence-corrected chi connectivity index (χ1v) is 9.14. The summed E-state index contributed by atoms with van der Waals surface area (Å²) in [7, 11) is 0. The van der Waals surface area contributed by atoms with Crippen molar-refractivity contribution in [2.45, 2.75) is 57.6 Å². The van der Waals surface area contributed by atoms with Crippen LogP contribution in [0, 0.1) is 6.92 Å². The van der Waals surface area contributed by atoms with Gasteiger partial charge in [0.1, 0.15) is 5.78 Å². The minimum Gasteiger partial charge on any atom is -0.376 e. The van der Waals surface area contributed by atoms with Gasteiger partial charge in [-0.2, -0.15) is 0 Å². The third-order valence-corrected chi connectivity index (χ3v) is 5.59. The number of hydrogen-bond donors (Lipinski definition) is 0. The van der Waals surface area contributed by atoms with Crippen molar-refractivity contribution < 1.29 is 9.53 Å². The summed E-state index contributed by atoms with van der Waals surface area (Å²) in [4.78, 5) is 13.9. The summed E-state index contributed by atoms with van der Waals surface area (Å²) < 4.78 is 6.25. The zero-order valence-corrected chi connectivity index (χ0v) is 14.6. The molecule has 2 fully saturated rings. The molecule has 1 saturated carbocycles. The van der Waals surface area contributed by atoms with E-state index in [0.717, 1.165) is 30.8 Å². The van der Waals surface area contributed by atoms with E-state index >= 15 is 0 Å². The molecule has 0 aromatic heterocycles. The maximum absolute atomic E-state index is 11.6. The Morgan fingerprint density at radius 1 is 1.30 bits per heavy atom. The zero-order chi connectivity index (χ0) is 16.2. The van der Waals surface area contributed by atoms with Crippen molar-refractivity contribution in [2.24, 2.45) is 0 Å². The van der Waals surface area contributed by atoms with Gasteiger partial charge < -0.3 is 4.74 Å². The van der Waals surface area contributed by atoms with Crippen LogP contribution in [-0.4, -0.2) is 42.5 Å². The number of rotatable bonds is 5. The van der Waals surface area contributed by atoms with Crippen molar-refractivity contribution in [3.05, 3.63) is 34.3 Å². The van der Waals surface area contributed by atoms with E-state index in [1.54, 1.807) is 0 Å². The van der Waals surface area contributed by atoms with Crippen molar-refractivity contribution in [2.75, 3.05) is 19.7 Å². The van der Waals surface area contributed by atoms with Gasteiger partial charge in [0, 0.05) is 24.0 Å². The first kappa shape index (κ1) is 16.9. The highest BCUT2D eigenvalue weighted by Gasteiger charge is 2.34. The van der Waals surface area contributed by atoms with Crippen LogP contribution in [0.5, 0.6) is 0 Å². The third kappa shape index (κ3) is 4.14. The zero-order valence-electron chi connectivity index (χ0n) is 13.9. The Hall–Kier alpha value is -0.900. The smallest absolute Gasteiger partial charge is 0.148 e. The lowest BCUT2D eigenvalue weighted by molar-refractivity contribution is -0.117. The SMILES string of the molecule is Cc1cccc(Cl)c1CCO[C@H]1CCCCC1N1CCC(=O)C1. The van der Waals surface area contributed by atoms with Crippen LogP contribution in [0.25, 0.3) is 0 Å². The Morgan fingerprint density at radius 3 is 2.87 bits per heavy atom. The number of halogens is 1. The molecule has 0 N–H and O–H groups in total. The molecule has 0 amide bonds. The van der Waals surface area contributed by atoms with E-state index in [1.807, 2.05) is 12.1 Å². The molecule has 1 heterocycles. The fraction of sp³-hybridized carbons (Fsp3) is 0.632. The topological polar surface area (TPSA) is 29.5 Å². The lowest BCUT2D eigenvalue weighted by atomic mass is 9.91. The largest absolute Gasteiger partial charge is 0.376 e. The van der Waals surface area contributed by atoms with Crippen molar-refractivity contribution in [3.63, 3.8) is 0 Å². The van der Waals surface area contributed by atoms with Gasteiger partial charge in [-0.05, 0) is 43.4 Å². The Bertz CT molecular complexity index is 540. The van der Waals surface area contributed by atoms with Gasteiger partial charge in [-0.15, -0.1) is 0 Å². The molecule has 1 aromatic carbocycles. The monoisotopic (exact) mass is 335 g/mol. The van der Waals surface area contributed by atoms with E-state index in [4.69, 9.17) is 16.3 Å². The lowest BCUT2D eigenvalue weighted by Gasteiger charge is -2.37. The van der Waals surface area contributed by atoms with Crippen LogP contribution in [0.15, 0.2) is 18.2 Å². The van der Waals surface area contributed by atoms with Gasteiger partial charge in [0.25, 0.3) is 0 Å². The van der Waals surface area contributed by atoms with Crippen LogP contribution in [0.1, 0.15) is 43.2 Å².